The van der Waals surface area contributed by atoms with E-state index >= 15 is 4.39 Å². The molecule has 1 aromatic carbocycles. The molecule has 1 saturated heterocycles. The van der Waals surface area contributed by atoms with Crippen molar-refractivity contribution in [1.29, 1.82) is 0 Å². The summed E-state index contributed by atoms with van der Waals surface area (Å²) in [6.07, 6.45) is 2.05. The molecule has 6 atom stereocenters. The number of benzene rings is 1. The molecule has 234 valence electrons. The Morgan fingerprint density at radius 1 is 1.07 bits per heavy atom. The van der Waals surface area contributed by atoms with E-state index in [1.54, 1.807) is 18.2 Å². The molecule has 0 aliphatic carbocycles. The Labute approximate surface area is 247 Å². The first-order valence-electron chi connectivity index (χ1n) is 14.2. The van der Waals surface area contributed by atoms with Crippen molar-refractivity contribution in [3.8, 4) is 11.6 Å². The maximum Gasteiger partial charge on any atom is 0.459 e. The van der Waals surface area contributed by atoms with Crippen molar-refractivity contribution in [2.24, 2.45) is 0 Å². The molecular weight excluding hydrogens is 588 g/mol. The van der Waals surface area contributed by atoms with Crippen molar-refractivity contribution in [3.63, 3.8) is 0 Å². The minimum Gasteiger partial charge on any atom is -0.476 e. The number of nitrogens with one attached hydrogen (secondary N) is 1. The molecule has 43 heavy (non-hydrogen) atoms. The van der Waals surface area contributed by atoms with Crippen LogP contribution in [0.5, 0.6) is 11.6 Å². The lowest BCUT2D eigenvalue weighted by atomic mass is 10.1. The SMILES string of the molecule is C[C@H]1NP(=O)(Oc2ccccc2)OC[C@H]2O[C@@H](n3cnc4c(ncnc43)OCCCCCCCCOC1=O)[C@@](O)(F)[C@@H]2O. The zero-order valence-electron chi connectivity index (χ0n) is 23.6. The number of cyclic esters (lactones) is 1. The van der Waals surface area contributed by atoms with Gasteiger partial charge in [-0.25, -0.2) is 18.9 Å². The lowest BCUT2D eigenvalue weighted by Gasteiger charge is -2.24. The van der Waals surface area contributed by atoms with Crippen molar-refractivity contribution in [2.75, 3.05) is 19.8 Å². The molecule has 2 aliphatic rings. The van der Waals surface area contributed by atoms with Crippen molar-refractivity contribution < 1.29 is 47.2 Å². The van der Waals surface area contributed by atoms with Gasteiger partial charge in [-0.3, -0.25) is 13.9 Å². The first-order valence-corrected chi connectivity index (χ1v) is 15.7. The minimum atomic E-state index is -4.35. The van der Waals surface area contributed by atoms with E-state index < -0.39 is 50.7 Å². The van der Waals surface area contributed by atoms with Gasteiger partial charge in [0.1, 0.15) is 30.3 Å². The fourth-order valence-corrected chi connectivity index (χ4v) is 6.29. The van der Waals surface area contributed by atoms with Gasteiger partial charge in [0.05, 0.1) is 26.1 Å². The number of hydrogen-bond acceptors (Lipinski definition) is 12. The number of nitrogens with zero attached hydrogens (tertiary/aromatic N) is 4. The molecule has 5 rings (SSSR count). The van der Waals surface area contributed by atoms with Crippen molar-refractivity contribution in [3.05, 3.63) is 43.0 Å². The Balaban J connectivity index is 1.41. The summed E-state index contributed by atoms with van der Waals surface area (Å²) in [6.45, 7) is 1.30. The first kappa shape index (κ1) is 31.2. The molecule has 16 heteroatoms. The summed E-state index contributed by atoms with van der Waals surface area (Å²) in [5, 5.41) is 23.9. The third-order valence-corrected chi connectivity index (χ3v) is 8.74. The predicted octanol–water partition coefficient (Wildman–Crippen LogP) is 3.20. The number of esters is 1. The largest absolute Gasteiger partial charge is 0.476 e. The van der Waals surface area contributed by atoms with Crippen LogP contribution in [0.3, 0.4) is 0 Å². The van der Waals surface area contributed by atoms with Crippen LogP contribution in [0.2, 0.25) is 0 Å². The van der Waals surface area contributed by atoms with Crippen LogP contribution in [0.15, 0.2) is 43.0 Å². The highest BCUT2D eigenvalue weighted by atomic mass is 31.2. The van der Waals surface area contributed by atoms with Crippen LogP contribution in [-0.4, -0.2) is 79.6 Å². The summed E-state index contributed by atoms with van der Waals surface area (Å²) in [4.78, 5) is 25.1. The number of aromatic nitrogens is 4. The molecule has 3 N–H and O–H groups in total. The van der Waals surface area contributed by atoms with Crippen LogP contribution in [0.4, 0.5) is 4.39 Å². The maximum atomic E-state index is 15.6. The average molecular weight is 624 g/mol. The fraction of sp³-hybridized carbons (Fsp3) is 0.556. The molecule has 1 fully saturated rings. The van der Waals surface area contributed by atoms with Gasteiger partial charge in [-0.05, 0) is 31.9 Å². The average Bonchev–Trinajstić information content (AvgIpc) is 3.51. The molecule has 0 amide bonds. The van der Waals surface area contributed by atoms with E-state index in [0.29, 0.717) is 13.0 Å². The van der Waals surface area contributed by atoms with Gasteiger partial charge in [-0.1, -0.05) is 43.9 Å². The third-order valence-electron chi connectivity index (χ3n) is 7.10. The van der Waals surface area contributed by atoms with Crippen LogP contribution in [0.1, 0.15) is 51.7 Å². The van der Waals surface area contributed by atoms with Gasteiger partial charge in [-0.2, -0.15) is 10.1 Å². The summed E-state index contributed by atoms with van der Waals surface area (Å²) < 4.78 is 58.5. The van der Waals surface area contributed by atoms with E-state index in [2.05, 4.69) is 20.0 Å². The number of rotatable bonds is 2. The van der Waals surface area contributed by atoms with Crippen molar-refractivity contribution in [2.45, 2.75) is 75.8 Å². The first-order chi connectivity index (χ1) is 20.7. The number of imidazole rings is 1. The zero-order chi connectivity index (χ0) is 30.5. The summed E-state index contributed by atoms with van der Waals surface area (Å²) >= 11 is 0. The summed E-state index contributed by atoms with van der Waals surface area (Å²) in [5.74, 6) is -3.65. The lowest BCUT2D eigenvalue weighted by molar-refractivity contribution is -0.195. The van der Waals surface area contributed by atoms with Crippen LogP contribution in [0, 0.1) is 0 Å². The highest BCUT2D eigenvalue weighted by Gasteiger charge is 2.58. The maximum absolute atomic E-state index is 15.6. The number of halogens is 1. The van der Waals surface area contributed by atoms with Gasteiger partial charge in [0.25, 0.3) is 5.85 Å². The second kappa shape index (κ2) is 13.6. The van der Waals surface area contributed by atoms with E-state index in [9.17, 15) is 19.6 Å². The van der Waals surface area contributed by atoms with Crippen LogP contribution in [0.25, 0.3) is 11.2 Å². The number of fused-ring (bicyclic) bond motifs is 3. The smallest absolute Gasteiger partial charge is 0.459 e. The summed E-state index contributed by atoms with van der Waals surface area (Å²) in [7, 11) is -4.35. The second-order valence-electron chi connectivity index (χ2n) is 10.4. The summed E-state index contributed by atoms with van der Waals surface area (Å²) in [5.41, 5.74) is 0.323. The normalized spacial score (nSPS) is 31.8. The molecule has 3 aromatic rings. The molecule has 14 nitrogen and oxygen atoms in total. The van der Waals surface area contributed by atoms with E-state index in [4.69, 9.17) is 23.3 Å². The predicted molar refractivity (Wildman–Crippen MR) is 149 cm³/mol. The van der Waals surface area contributed by atoms with Crippen molar-refractivity contribution >= 4 is 24.9 Å². The molecule has 2 aromatic heterocycles. The molecule has 2 aliphatic heterocycles. The zero-order valence-corrected chi connectivity index (χ0v) is 24.5. The number of hydrogen-bond donors (Lipinski definition) is 3. The number of ether oxygens (including phenoxy) is 3. The van der Waals surface area contributed by atoms with Crippen LogP contribution >= 0.6 is 7.75 Å². The Hall–Kier alpha value is -3.20. The number of carbonyl (C=O) groups excluding carboxylic acids is 1. The molecule has 6 bridgehead atoms. The van der Waals surface area contributed by atoms with E-state index in [-0.39, 0.29) is 29.4 Å². The van der Waals surface area contributed by atoms with Crippen LogP contribution < -0.4 is 14.3 Å². The number of aliphatic hydroxyl groups is 2. The monoisotopic (exact) mass is 623 g/mol. The Bertz CT molecular complexity index is 1430. The van der Waals surface area contributed by atoms with Gasteiger partial charge in [0.2, 0.25) is 5.88 Å². The Kier molecular flexibility index (Phi) is 9.89. The van der Waals surface area contributed by atoms with E-state index in [1.807, 2.05) is 0 Å². The number of alkyl halides is 1. The second-order valence-corrected chi connectivity index (χ2v) is 12.1. The minimum absolute atomic E-state index is 0.102. The van der Waals surface area contributed by atoms with Gasteiger partial charge in [-0.15, -0.1) is 0 Å². The lowest BCUT2D eigenvalue weighted by Crippen LogP contribution is -2.43. The number of aliphatic hydroxyl groups excluding tert-OH is 1. The standard InChI is InChI=1S/C27H35FN5O9P/c1-18-25(35)39-14-10-5-3-2-4-9-13-38-24-21-23(29-16-30-24)33(17-31-21)26-27(28,36)22(34)20(41-26)15-40-43(37,32-18)42-19-11-7-6-8-12-19/h6-8,11-12,16-18,20,22,26,34,36H,2-5,9-10,13-15H2,1H3,(H,32,37)/t18-,20-,22-,26-,27-,43?/m1/s1. The van der Waals surface area contributed by atoms with Gasteiger partial charge in [0.15, 0.2) is 17.4 Å². The Morgan fingerprint density at radius 3 is 2.51 bits per heavy atom. The molecular formula is C27H35FN5O9P. The molecule has 1 unspecified atom stereocenters. The highest BCUT2D eigenvalue weighted by molar-refractivity contribution is 7.52. The van der Waals surface area contributed by atoms with E-state index in [1.165, 1.54) is 31.7 Å². The molecule has 4 heterocycles. The Morgan fingerprint density at radius 2 is 1.77 bits per heavy atom. The molecule has 0 spiro atoms. The third kappa shape index (κ3) is 7.31. The topological polar surface area (TPSA) is 176 Å². The van der Waals surface area contributed by atoms with Crippen molar-refractivity contribution in [1.82, 2.24) is 24.6 Å². The van der Waals surface area contributed by atoms with Gasteiger partial charge >= 0.3 is 13.7 Å². The quantitative estimate of drug-likeness (QED) is 0.280. The fourth-order valence-electron chi connectivity index (χ4n) is 4.79. The molecule has 0 radical (unpaired) electrons. The summed E-state index contributed by atoms with van der Waals surface area (Å²) in [6, 6.07) is 6.96. The molecule has 0 saturated carbocycles. The van der Waals surface area contributed by atoms with E-state index in [0.717, 1.165) is 36.7 Å². The van der Waals surface area contributed by atoms with Crippen LogP contribution in [-0.2, 0) is 23.4 Å². The number of para-hydroxylation sites is 1. The van der Waals surface area contributed by atoms with Gasteiger partial charge in [0, 0.05) is 0 Å². The van der Waals surface area contributed by atoms with Gasteiger partial charge < -0.3 is 28.9 Å². The number of carbonyl (C=O) groups is 1. The highest BCUT2D eigenvalue weighted by Crippen LogP contribution is 2.47.